The van der Waals surface area contributed by atoms with Gasteiger partial charge in [-0.2, -0.15) is 15.0 Å². The fourth-order valence-electron chi connectivity index (χ4n) is 9.12. The second-order valence-corrected chi connectivity index (χ2v) is 15.7. The van der Waals surface area contributed by atoms with E-state index in [-0.39, 0.29) is 0 Å². The van der Waals surface area contributed by atoms with Gasteiger partial charge in [0.2, 0.25) is 11.9 Å². The minimum absolute atomic E-state index is 0.561. The lowest BCUT2D eigenvalue weighted by molar-refractivity contribution is 0.893. The highest BCUT2D eigenvalue weighted by molar-refractivity contribution is 6.10. The van der Waals surface area contributed by atoms with Crippen LogP contribution in [0.25, 0.3) is 111 Å². The molecule has 62 heavy (non-hydrogen) atoms. The van der Waals surface area contributed by atoms with E-state index in [1.54, 1.807) is 0 Å². The molecule has 0 bridgehead atoms. The van der Waals surface area contributed by atoms with Crippen LogP contribution >= 0.6 is 0 Å². The van der Waals surface area contributed by atoms with E-state index in [0.717, 1.165) is 71.4 Å². The molecular formula is C57H37N5. The van der Waals surface area contributed by atoms with Gasteiger partial charge in [-0.15, -0.1) is 0 Å². The molecule has 0 saturated heterocycles. The van der Waals surface area contributed by atoms with Crippen molar-refractivity contribution in [1.29, 1.82) is 0 Å². The van der Waals surface area contributed by atoms with E-state index >= 15 is 0 Å². The Morgan fingerprint density at radius 1 is 0.242 bits per heavy atom. The van der Waals surface area contributed by atoms with E-state index < -0.39 is 0 Å². The summed E-state index contributed by atoms with van der Waals surface area (Å²) in [7, 11) is 0. The van der Waals surface area contributed by atoms with Crippen molar-refractivity contribution in [2.45, 2.75) is 0 Å². The first kappa shape index (κ1) is 35.5. The second kappa shape index (κ2) is 14.7. The molecule has 5 nitrogen and oxygen atoms in total. The third kappa shape index (κ3) is 5.98. The molecule has 0 spiro atoms. The molecule has 0 N–H and O–H groups in total. The maximum absolute atomic E-state index is 5.32. The number of hydrogen-bond acceptors (Lipinski definition) is 3. The van der Waals surface area contributed by atoms with Crippen LogP contribution in [-0.2, 0) is 0 Å². The predicted octanol–water partition coefficient (Wildman–Crippen LogP) is 14.4. The van der Waals surface area contributed by atoms with Crippen LogP contribution < -0.4 is 0 Å². The van der Waals surface area contributed by atoms with Crippen molar-refractivity contribution in [3.05, 3.63) is 224 Å². The van der Waals surface area contributed by atoms with Crippen LogP contribution in [0.1, 0.15) is 0 Å². The summed E-state index contributed by atoms with van der Waals surface area (Å²) in [6.07, 6.45) is 0. The lowest BCUT2D eigenvalue weighted by Crippen LogP contribution is -2.10. The second-order valence-electron chi connectivity index (χ2n) is 15.7. The van der Waals surface area contributed by atoms with Gasteiger partial charge in [-0.25, -0.2) is 0 Å². The molecule has 0 amide bonds. The van der Waals surface area contributed by atoms with Crippen LogP contribution in [0.15, 0.2) is 224 Å². The van der Waals surface area contributed by atoms with Crippen molar-refractivity contribution in [3.8, 4) is 67.8 Å². The number of aromatic nitrogens is 5. The average Bonchev–Trinajstić information content (AvgIpc) is 3.87. The van der Waals surface area contributed by atoms with Crippen LogP contribution in [0, 0.1) is 0 Å². The number of benzene rings is 9. The van der Waals surface area contributed by atoms with Crippen molar-refractivity contribution in [2.24, 2.45) is 0 Å². The van der Waals surface area contributed by atoms with Crippen molar-refractivity contribution in [3.63, 3.8) is 0 Å². The van der Waals surface area contributed by atoms with E-state index in [1.165, 1.54) is 22.3 Å². The number of para-hydroxylation sites is 4. The molecule has 0 atom stereocenters. The molecule has 290 valence electrons. The van der Waals surface area contributed by atoms with Crippen molar-refractivity contribution < 1.29 is 0 Å². The van der Waals surface area contributed by atoms with Gasteiger partial charge in [-0.3, -0.25) is 9.13 Å². The summed E-state index contributed by atoms with van der Waals surface area (Å²) < 4.78 is 4.34. The Hall–Kier alpha value is -8.41. The Morgan fingerprint density at radius 3 is 1.05 bits per heavy atom. The molecule has 12 aromatic rings. The van der Waals surface area contributed by atoms with Crippen molar-refractivity contribution >= 4 is 43.6 Å². The van der Waals surface area contributed by atoms with Crippen LogP contribution in [-0.4, -0.2) is 24.1 Å². The lowest BCUT2D eigenvalue weighted by atomic mass is 9.89. The zero-order valence-electron chi connectivity index (χ0n) is 33.6. The molecule has 3 heterocycles. The Labute approximate surface area is 358 Å². The molecule has 3 aromatic heterocycles. The molecule has 0 aliphatic rings. The molecule has 0 aliphatic carbocycles. The van der Waals surface area contributed by atoms with Gasteiger partial charge in [-0.1, -0.05) is 182 Å². The van der Waals surface area contributed by atoms with E-state index in [2.05, 4.69) is 234 Å². The molecule has 0 unspecified atom stereocenters. The Balaban J connectivity index is 1.04. The summed E-state index contributed by atoms with van der Waals surface area (Å²) in [5, 5.41) is 4.60. The first-order valence-electron chi connectivity index (χ1n) is 20.9. The highest BCUT2D eigenvalue weighted by Crippen LogP contribution is 2.39. The monoisotopic (exact) mass is 791 g/mol. The summed E-state index contributed by atoms with van der Waals surface area (Å²) in [6, 6.07) is 79.4. The van der Waals surface area contributed by atoms with E-state index in [9.17, 15) is 0 Å². The minimum Gasteiger partial charge on any atom is -0.278 e. The maximum atomic E-state index is 5.32. The normalized spacial score (nSPS) is 11.5. The number of hydrogen-bond donors (Lipinski definition) is 0. The summed E-state index contributed by atoms with van der Waals surface area (Å²) in [6.45, 7) is 0. The molecule has 12 rings (SSSR count). The van der Waals surface area contributed by atoms with Crippen molar-refractivity contribution in [2.75, 3.05) is 0 Å². The van der Waals surface area contributed by atoms with E-state index in [0.29, 0.717) is 17.7 Å². The maximum Gasteiger partial charge on any atom is 0.240 e. The Kier molecular flexibility index (Phi) is 8.42. The van der Waals surface area contributed by atoms with Crippen LogP contribution in [0.5, 0.6) is 0 Å². The third-order valence-electron chi connectivity index (χ3n) is 12.0. The molecule has 0 fully saturated rings. The summed E-state index contributed by atoms with van der Waals surface area (Å²) in [4.78, 5) is 15.9. The number of rotatable bonds is 7. The molecule has 0 aliphatic heterocycles. The summed E-state index contributed by atoms with van der Waals surface area (Å²) in [5.74, 6) is 1.71. The van der Waals surface area contributed by atoms with Gasteiger partial charge in [0.05, 0.1) is 22.1 Å². The average molecular weight is 792 g/mol. The highest BCUT2D eigenvalue weighted by Gasteiger charge is 2.21. The van der Waals surface area contributed by atoms with Gasteiger partial charge in [0, 0.05) is 27.1 Å². The largest absolute Gasteiger partial charge is 0.278 e. The molecular weight excluding hydrogens is 755 g/mol. The van der Waals surface area contributed by atoms with E-state index in [4.69, 9.17) is 15.0 Å². The zero-order chi connectivity index (χ0) is 41.0. The SMILES string of the molecule is c1ccc(-c2cc(-c3ccc(-c4nc(-n5c6ccccc6c6ccccc65)nc(-n5c6ccccc6c6ccccc65)n4)cc3)cc(-c3ccccc3-c3ccccc3)c2)cc1. The molecule has 5 heteroatoms. The fraction of sp³-hybridized carbons (Fsp3) is 0. The highest BCUT2D eigenvalue weighted by atomic mass is 15.3. The van der Waals surface area contributed by atoms with Gasteiger partial charge < -0.3 is 0 Å². The standard InChI is InChI=1S/C57H37N5/c1-3-17-38(18-4-1)42-35-43(37-44(36-42)46-22-8-7-21-45(46)40-19-5-2-6-20-40)39-31-33-41(34-32-39)55-58-56(61-51-27-13-9-23-47(51)48-24-10-14-28-52(48)61)60-57(59-55)62-53-29-15-11-25-49(53)50-26-12-16-30-54(50)62/h1-37H. The van der Waals surface area contributed by atoms with E-state index in [1.807, 2.05) is 0 Å². The summed E-state index contributed by atoms with van der Waals surface area (Å²) >= 11 is 0. The fourth-order valence-corrected chi connectivity index (χ4v) is 9.12. The topological polar surface area (TPSA) is 48.5 Å². The zero-order valence-corrected chi connectivity index (χ0v) is 33.6. The molecule has 0 saturated carbocycles. The van der Waals surface area contributed by atoms with Crippen LogP contribution in [0.3, 0.4) is 0 Å². The lowest BCUT2D eigenvalue weighted by Gasteiger charge is -2.15. The Morgan fingerprint density at radius 2 is 0.581 bits per heavy atom. The van der Waals surface area contributed by atoms with Gasteiger partial charge in [0.25, 0.3) is 0 Å². The smallest absolute Gasteiger partial charge is 0.240 e. The van der Waals surface area contributed by atoms with Crippen LogP contribution in [0.4, 0.5) is 0 Å². The van der Waals surface area contributed by atoms with Gasteiger partial charge >= 0.3 is 0 Å². The number of fused-ring (bicyclic) bond motifs is 6. The van der Waals surface area contributed by atoms with Crippen LogP contribution in [0.2, 0.25) is 0 Å². The first-order chi connectivity index (χ1) is 30.7. The number of nitrogens with zero attached hydrogens (tertiary/aromatic N) is 5. The first-order valence-corrected chi connectivity index (χ1v) is 20.9. The quantitative estimate of drug-likeness (QED) is 0.162. The predicted molar refractivity (Wildman–Crippen MR) is 256 cm³/mol. The van der Waals surface area contributed by atoms with Gasteiger partial charge in [-0.05, 0) is 87.0 Å². The minimum atomic E-state index is 0.561. The molecule has 9 aromatic carbocycles. The van der Waals surface area contributed by atoms with Crippen molar-refractivity contribution in [1.82, 2.24) is 24.1 Å². The Bertz CT molecular complexity index is 3380. The third-order valence-corrected chi connectivity index (χ3v) is 12.0. The van der Waals surface area contributed by atoms with Gasteiger partial charge in [0.15, 0.2) is 5.82 Å². The van der Waals surface area contributed by atoms with Gasteiger partial charge in [0.1, 0.15) is 0 Å². The molecule has 0 radical (unpaired) electrons. The summed E-state index contributed by atoms with van der Waals surface area (Å²) in [5.41, 5.74) is 14.4.